The quantitative estimate of drug-likeness (QED) is 0.827. The molecule has 0 saturated carbocycles. The second kappa shape index (κ2) is 8.49. The van der Waals surface area contributed by atoms with E-state index in [1.165, 1.54) is 24.3 Å². The van der Waals surface area contributed by atoms with Crippen molar-refractivity contribution in [2.24, 2.45) is 0 Å². The summed E-state index contributed by atoms with van der Waals surface area (Å²) in [6, 6.07) is 13.0. The summed E-state index contributed by atoms with van der Waals surface area (Å²) < 4.78 is 11.5. The van der Waals surface area contributed by atoms with Crippen LogP contribution in [-0.2, 0) is 4.74 Å². The summed E-state index contributed by atoms with van der Waals surface area (Å²) in [5, 5.41) is 11.7. The van der Waals surface area contributed by atoms with Gasteiger partial charge in [-0.1, -0.05) is 12.1 Å². The van der Waals surface area contributed by atoms with Gasteiger partial charge in [-0.15, -0.1) is 0 Å². The molecule has 0 bridgehead atoms. The SMILES string of the molecule is O=C(O)c1ccc(C(=O)Nc2ccccc2OCC2CCCCO2)cc1. The number of carboxylic acids is 1. The zero-order chi connectivity index (χ0) is 18.4. The summed E-state index contributed by atoms with van der Waals surface area (Å²) in [6.45, 7) is 1.21. The molecule has 1 unspecified atom stereocenters. The van der Waals surface area contributed by atoms with E-state index in [2.05, 4.69) is 5.32 Å². The molecule has 1 atom stereocenters. The van der Waals surface area contributed by atoms with Gasteiger partial charge in [0.25, 0.3) is 5.91 Å². The maximum atomic E-state index is 12.4. The van der Waals surface area contributed by atoms with Crippen LogP contribution in [0.1, 0.15) is 40.0 Å². The lowest BCUT2D eigenvalue weighted by Gasteiger charge is -2.23. The van der Waals surface area contributed by atoms with E-state index < -0.39 is 5.97 Å². The van der Waals surface area contributed by atoms with Gasteiger partial charge in [-0.3, -0.25) is 4.79 Å². The van der Waals surface area contributed by atoms with Crippen LogP contribution in [0.2, 0.25) is 0 Å². The van der Waals surface area contributed by atoms with Crippen molar-refractivity contribution in [2.75, 3.05) is 18.5 Å². The Morgan fingerprint density at radius 3 is 2.50 bits per heavy atom. The Bertz CT molecular complexity index is 766. The van der Waals surface area contributed by atoms with E-state index in [9.17, 15) is 9.59 Å². The molecule has 1 aliphatic heterocycles. The van der Waals surface area contributed by atoms with E-state index in [4.69, 9.17) is 14.6 Å². The van der Waals surface area contributed by atoms with Crippen LogP contribution in [0.4, 0.5) is 5.69 Å². The number of benzene rings is 2. The summed E-state index contributed by atoms with van der Waals surface area (Å²) in [7, 11) is 0. The molecule has 6 heteroatoms. The number of hydrogen-bond donors (Lipinski definition) is 2. The van der Waals surface area contributed by atoms with Gasteiger partial charge < -0.3 is 19.9 Å². The number of amides is 1. The van der Waals surface area contributed by atoms with Gasteiger partial charge in [0, 0.05) is 12.2 Å². The van der Waals surface area contributed by atoms with Crippen LogP contribution in [0.5, 0.6) is 5.75 Å². The predicted octanol–water partition coefficient (Wildman–Crippen LogP) is 3.59. The molecular weight excluding hydrogens is 334 g/mol. The number of carbonyl (C=O) groups is 2. The predicted molar refractivity (Wildman–Crippen MR) is 96.9 cm³/mol. The van der Waals surface area contributed by atoms with Gasteiger partial charge in [-0.2, -0.15) is 0 Å². The van der Waals surface area contributed by atoms with Gasteiger partial charge in [0.2, 0.25) is 0 Å². The van der Waals surface area contributed by atoms with E-state index in [-0.39, 0.29) is 17.6 Å². The lowest BCUT2D eigenvalue weighted by atomic mass is 10.1. The van der Waals surface area contributed by atoms with Crippen molar-refractivity contribution in [1.82, 2.24) is 0 Å². The van der Waals surface area contributed by atoms with E-state index in [1.54, 1.807) is 12.1 Å². The number of carbonyl (C=O) groups excluding carboxylic acids is 1. The van der Waals surface area contributed by atoms with Crippen LogP contribution >= 0.6 is 0 Å². The Balaban J connectivity index is 1.65. The average Bonchev–Trinajstić information content (AvgIpc) is 2.68. The van der Waals surface area contributed by atoms with Crippen molar-refractivity contribution in [3.05, 3.63) is 59.7 Å². The molecule has 136 valence electrons. The number of rotatable bonds is 6. The first-order chi connectivity index (χ1) is 12.6. The number of para-hydroxylation sites is 2. The van der Waals surface area contributed by atoms with E-state index >= 15 is 0 Å². The summed E-state index contributed by atoms with van der Waals surface area (Å²) >= 11 is 0. The van der Waals surface area contributed by atoms with E-state index in [0.29, 0.717) is 23.6 Å². The zero-order valence-electron chi connectivity index (χ0n) is 14.3. The van der Waals surface area contributed by atoms with Crippen molar-refractivity contribution < 1.29 is 24.2 Å². The summed E-state index contributed by atoms with van der Waals surface area (Å²) in [6.07, 6.45) is 3.28. The number of nitrogens with one attached hydrogen (secondary N) is 1. The smallest absolute Gasteiger partial charge is 0.335 e. The molecule has 1 fully saturated rings. The molecule has 26 heavy (non-hydrogen) atoms. The van der Waals surface area contributed by atoms with Gasteiger partial charge >= 0.3 is 5.97 Å². The highest BCUT2D eigenvalue weighted by Crippen LogP contribution is 2.25. The molecule has 6 nitrogen and oxygen atoms in total. The Kier molecular flexibility index (Phi) is 5.86. The molecule has 2 N–H and O–H groups in total. The molecule has 2 aromatic carbocycles. The molecule has 3 rings (SSSR count). The Morgan fingerprint density at radius 1 is 1.08 bits per heavy atom. The highest BCUT2D eigenvalue weighted by Gasteiger charge is 2.16. The largest absolute Gasteiger partial charge is 0.489 e. The average molecular weight is 355 g/mol. The van der Waals surface area contributed by atoms with Crippen LogP contribution in [0.25, 0.3) is 0 Å². The Hall–Kier alpha value is -2.86. The standard InChI is InChI=1S/C20H21NO5/c22-19(14-8-10-15(11-9-14)20(23)24)21-17-6-1-2-7-18(17)26-13-16-5-3-4-12-25-16/h1-2,6-11,16H,3-5,12-13H2,(H,21,22)(H,23,24). The van der Waals surface area contributed by atoms with Gasteiger partial charge in [-0.05, 0) is 55.7 Å². The third-order valence-electron chi connectivity index (χ3n) is 4.23. The summed E-state index contributed by atoms with van der Waals surface area (Å²) in [5.41, 5.74) is 1.08. The minimum atomic E-state index is -1.03. The van der Waals surface area contributed by atoms with Crippen molar-refractivity contribution in [1.29, 1.82) is 0 Å². The van der Waals surface area contributed by atoms with Gasteiger partial charge in [0.05, 0.1) is 17.4 Å². The van der Waals surface area contributed by atoms with E-state index in [1.807, 2.05) is 12.1 Å². The summed E-state index contributed by atoms with van der Waals surface area (Å²) in [5.74, 6) is -0.773. The molecule has 0 aliphatic carbocycles. The van der Waals surface area contributed by atoms with Crippen LogP contribution < -0.4 is 10.1 Å². The van der Waals surface area contributed by atoms with E-state index in [0.717, 1.165) is 25.9 Å². The van der Waals surface area contributed by atoms with Crippen LogP contribution in [0.3, 0.4) is 0 Å². The van der Waals surface area contributed by atoms with Crippen molar-refractivity contribution in [3.63, 3.8) is 0 Å². The molecule has 0 aromatic heterocycles. The van der Waals surface area contributed by atoms with Gasteiger partial charge in [0.15, 0.2) is 0 Å². The molecule has 1 aliphatic rings. The number of hydrogen-bond acceptors (Lipinski definition) is 4. The first-order valence-electron chi connectivity index (χ1n) is 8.61. The second-order valence-electron chi connectivity index (χ2n) is 6.13. The zero-order valence-corrected chi connectivity index (χ0v) is 14.3. The van der Waals surface area contributed by atoms with Crippen molar-refractivity contribution in [2.45, 2.75) is 25.4 Å². The second-order valence-corrected chi connectivity index (χ2v) is 6.13. The number of carboxylic acid groups (broad SMARTS) is 1. The first kappa shape index (κ1) is 17.9. The first-order valence-corrected chi connectivity index (χ1v) is 8.61. The Morgan fingerprint density at radius 2 is 1.81 bits per heavy atom. The third-order valence-corrected chi connectivity index (χ3v) is 4.23. The van der Waals surface area contributed by atoms with Crippen LogP contribution in [0.15, 0.2) is 48.5 Å². The third kappa shape index (κ3) is 4.61. The van der Waals surface area contributed by atoms with Crippen molar-refractivity contribution >= 4 is 17.6 Å². The molecule has 1 saturated heterocycles. The molecule has 0 spiro atoms. The lowest BCUT2D eigenvalue weighted by Crippen LogP contribution is -2.26. The maximum Gasteiger partial charge on any atom is 0.335 e. The fraction of sp³-hybridized carbons (Fsp3) is 0.300. The highest BCUT2D eigenvalue weighted by molar-refractivity contribution is 6.05. The Labute approximate surface area is 151 Å². The molecule has 1 heterocycles. The molecular formula is C20H21NO5. The number of aromatic carboxylic acids is 1. The fourth-order valence-corrected chi connectivity index (χ4v) is 2.78. The maximum absolute atomic E-state index is 12.4. The molecule has 1 amide bonds. The number of ether oxygens (including phenoxy) is 2. The van der Waals surface area contributed by atoms with Crippen LogP contribution in [-0.4, -0.2) is 36.3 Å². The van der Waals surface area contributed by atoms with Crippen LogP contribution in [0, 0.1) is 0 Å². The van der Waals surface area contributed by atoms with Crippen molar-refractivity contribution in [3.8, 4) is 5.75 Å². The lowest BCUT2D eigenvalue weighted by molar-refractivity contribution is -0.0109. The monoisotopic (exact) mass is 355 g/mol. The van der Waals surface area contributed by atoms with Gasteiger partial charge in [-0.25, -0.2) is 4.79 Å². The topological polar surface area (TPSA) is 84.9 Å². The molecule has 2 aromatic rings. The summed E-state index contributed by atoms with van der Waals surface area (Å²) in [4.78, 5) is 23.3. The number of anilines is 1. The minimum absolute atomic E-state index is 0.0797. The fourth-order valence-electron chi connectivity index (χ4n) is 2.78. The minimum Gasteiger partial charge on any atom is -0.489 e. The highest BCUT2D eigenvalue weighted by atomic mass is 16.5. The van der Waals surface area contributed by atoms with Gasteiger partial charge in [0.1, 0.15) is 12.4 Å². The normalized spacial score (nSPS) is 16.7. The molecule has 0 radical (unpaired) electrons.